The van der Waals surface area contributed by atoms with E-state index >= 15 is 0 Å². The van der Waals surface area contributed by atoms with Crippen LogP contribution in [0.25, 0.3) is 11.0 Å². The molecule has 2 aromatic rings. The Morgan fingerprint density at radius 1 is 1.17 bits per heavy atom. The Balaban J connectivity index is 1.72. The van der Waals surface area contributed by atoms with Gasteiger partial charge < -0.3 is 14.0 Å². The zero-order chi connectivity index (χ0) is 16.4. The van der Waals surface area contributed by atoms with Crippen molar-refractivity contribution in [1.82, 2.24) is 9.55 Å². The molecule has 1 aliphatic rings. The Labute approximate surface area is 137 Å². The summed E-state index contributed by atoms with van der Waals surface area (Å²) in [7, 11) is 1.71. The van der Waals surface area contributed by atoms with Crippen LogP contribution in [0.3, 0.4) is 0 Å². The van der Waals surface area contributed by atoms with Crippen LogP contribution in [0.5, 0.6) is 0 Å². The number of nitrogens with zero attached hydrogens (tertiary/aromatic N) is 2. The number of allylic oxidation sites excluding steroid dienone is 3. The first-order chi connectivity index (χ1) is 11.1. The molecule has 1 aromatic carbocycles. The predicted molar refractivity (Wildman–Crippen MR) is 92.3 cm³/mol. The minimum absolute atomic E-state index is 0.624. The molecule has 122 valence electrons. The second kappa shape index (κ2) is 6.49. The molecule has 0 radical (unpaired) electrons. The van der Waals surface area contributed by atoms with Crippen LogP contribution in [0.1, 0.15) is 29.8 Å². The molecule has 1 aliphatic carbocycles. The van der Waals surface area contributed by atoms with Crippen molar-refractivity contribution in [2.24, 2.45) is 0 Å². The number of benzene rings is 1. The standard InChI is InChI=1S/C19H24N2O2/c1-13-10-18-19(11-14(13)2)21(15(3)20-18)8-9-23-17-7-5-6-16(12-17)22-4/h7,10-12H,5-6,8-9H2,1-4H3. The topological polar surface area (TPSA) is 36.3 Å². The fourth-order valence-electron chi connectivity index (χ4n) is 2.95. The molecule has 0 aliphatic heterocycles. The highest BCUT2D eigenvalue weighted by Crippen LogP contribution is 2.21. The maximum Gasteiger partial charge on any atom is 0.118 e. The highest BCUT2D eigenvalue weighted by Gasteiger charge is 2.10. The first-order valence-corrected chi connectivity index (χ1v) is 8.10. The van der Waals surface area contributed by atoms with E-state index in [1.54, 1.807) is 7.11 Å². The number of aryl methyl sites for hydroxylation is 3. The Hall–Kier alpha value is -2.23. The Morgan fingerprint density at radius 2 is 1.96 bits per heavy atom. The number of ether oxygens (including phenoxy) is 2. The molecule has 0 bridgehead atoms. The highest BCUT2D eigenvalue weighted by atomic mass is 16.5. The fourth-order valence-corrected chi connectivity index (χ4v) is 2.95. The summed E-state index contributed by atoms with van der Waals surface area (Å²) in [6, 6.07) is 4.37. The lowest BCUT2D eigenvalue weighted by Crippen LogP contribution is -2.08. The van der Waals surface area contributed by atoms with E-state index in [4.69, 9.17) is 9.47 Å². The third-order valence-corrected chi connectivity index (χ3v) is 4.44. The molecule has 1 heterocycles. The van der Waals surface area contributed by atoms with E-state index in [0.29, 0.717) is 6.61 Å². The van der Waals surface area contributed by atoms with Gasteiger partial charge in [0, 0.05) is 12.5 Å². The Bertz CT molecular complexity index is 784. The summed E-state index contributed by atoms with van der Waals surface area (Å²) < 4.78 is 13.4. The van der Waals surface area contributed by atoms with E-state index in [0.717, 1.165) is 42.2 Å². The van der Waals surface area contributed by atoms with Gasteiger partial charge in [-0.1, -0.05) is 0 Å². The van der Waals surface area contributed by atoms with Gasteiger partial charge in [-0.3, -0.25) is 0 Å². The first-order valence-electron chi connectivity index (χ1n) is 8.10. The summed E-state index contributed by atoms with van der Waals surface area (Å²) in [4.78, 5) is 4.67. The van der Waals surface area contributed by atoms with Crippen molar-refractivity contribution in [1.29, 1.82) is 0 Å². The molecule has 3 rings (SSSR count). The maximum atomic E-state index is 5.90. The Morgan fingerprint density at radius 3 is 2.74 bits per heavy atom. The van der Waals surface area contributed by atoms with Gasteiger partial charge in [0.25, 0.3) is 0 Å². The van der Waals surface area contributed by atoms with Gasteiger partial charge in [0.15, 0.2) is 0 Å². The number of aromatic nitrogens is 2. The lowest BCUT2D eigenvalue weighted by atomic mass is 10.1. The summed E-state index contributed by atoms with van der Waals surface area (Å²) in [5.41, 5.74) is 4.81. The van der Waals surface area contributed by atoms with E-state index in [1.807, 2.05) is 13.0 Å². The van der Waals surface area contributed by atoms with Gasteiger partial charge in [0.05, 0.1) is 30.4 Å². The quantitative estimate of drug-likeness (QED) is 0.830. The second-order valence-corrected chi connectivity index (χ2v) is 6.04. The molecule has 4 nitrogen and oxygen atoms in total. The normalized spacial score (nSPS) is 14.6. The van der Waals surface area contributed by atoms with Gasteiger partial charge >= 0.3 is 0 Å². The van der Waals surface area contributed by atoms with Crippen LogP contribution in [0.4, 0.5) is 0 Å². The molecule has 0 saturated carbocycles. The molecule has 0 fully saturated rings. The number of fused-ring (bicyclic) bond motifs is 1. The van der Waals surface area contributed by atoms with E-state index in [2.05, 4.69) is 41.6 Å². The van der Waals surface area contributed by atoms with Crippen LogP contribution in [0.2, 0.25) is 0 Å². The zero-order valence-electron chi connectivity index (χ0n) is 14.3. The SMILES string of the molecule is COC1=CC(OCCn2c(C)nc3cc(C)c(C)cc32)=CCC1. The highest BCUT2D eigenvalue weighted by molar-refractivity contribution is 5.78. The molecular weight excluding hydrogens is 288 g/mol. The summed E-state index contributed by atoms with van der Waals surface area (Å²) in [5.74, 6) is 2.92. The minimum atomic E-state index is 0.624. The number of methoxy groups -OCH3 is 1. The second-order valence-electron chi connectivity index (χ2n) is 6.04. The number of hydrogen-bond donors (Lipinski definition) is 0. The van der Waals surface area contributed by atoms with Gasteiger partial charge in [-0.2, -0.15) is 0 Å². The van der Waals surface area contributed by atoms with Crippen LogP contribution in [-0.4, -0.2) is 23.3 Å². The van der Waals surface area contributed by atoms with Crippen molar-refractivity contribution < 1.29 is 9.47 Å². The first kappa shape index (κ1) is 15.7. The smallest absolute Gasteiger partial charge is 0.118 e. The van der Waals surface area contributed by atoms with Crippen LogP contribution in [0.15, 0.2) is 35.8 Å². The van der Waals surface area contributed by atoms with Crippen molar-refractivity contribution in [3.05, 3.63) is 52.8 Å². The van der Waals surface area contributed by atoms with Gasteiger partial charge in [-0.05, 0) is 56.5 Å². The fraction of sp³-hybridized carbons (Fsp3) is 0.421. The van der Waals surface area contributed by atoms with Gasteiger partial charge in [0.2, 0.25) is 0 Å². The lowest BCUT2D eigenvalue weighted by molar-refractivity contribution is 0.202. The van der Waals surface area contributed by atoms with Crippen molar-refractivity contribution in [3.8, 4) is 0 Å². The van der Waals surface area contributed by atoms with Crippen molar-refractivity contribution in [2.45, 2.75) is 40.2 Å². The van der Waals surface area contributed by atoms with E-state index in [9.17, 15) is 0 Å². The molecular formula is C19H24N2O2. The molecule has 0 saturated heterocycles. The Kier molecular flexibility index (Phi) is 4.42. The van der Waals surface area contributed by atoms with Crippen molar-refractivity contribution >= 4 is 11.0 Å². The molecule has 0 spiro atoms. The molecule has 0 amide bonds. The summed E-state index contributed by atoms with van der Waals surface area (Å²) in [5, 5.41) is 0. The largest absolute Gasteiger partial charge is 0.501 e. The summed E-state index contributed by atoms with van der Waals surface area (Å²) in [6.07, 6.45) is 6.03. The molecule has 0 unspecified atom stereocenters. The van der Waals surface area contributed by atoms with Crippen LogP contribution in [-0.2, 0) is 16.0 Å². The third kappa shape index (κ3) is 3.26. The van der Waals surface area contributed by atoms with Crippen molar-refractivity contribution in [3.63, 3.8) is 0 Å². The molecule has 23 heavy (non-hydrogen) atoms. The monoisotopic (exact) mass is 312 g/mol. The van der Waals surface area contributed by atoms with Gasteiger partial charge in [-0.25, -0.2) is 4.98 Å². The molecule has 1 aromatic heterocycles. The maximum absolute atomic E-state index is 5.90. The van der Waals surface area contributed by atoms with E-state index in [-0.39, 0.29) is 0 Å². The molecule has 0 atom stereocenters. The van der Waals surface area contributed by atoms with Crippen LogP contribution < -0.4 is 0 Å². The number of hydrogen-bond acceptors (Lipinski definition) is 3. The van der Waals surface area contributed by atoms with Crippen LogP contribution in [0, 0.1) is 20.8 Å². The average Bonchev–Trinajstić information content (AvgIpc) is 2.83. The van der Waals surface area contributed by atoms with E-state index < -0.39 is 0 Å². The van der Waals surface area contributed by atoms with Gasteiger partial charge in [-0.15, -0.1) is 0 Å². The minimum Gasteiger partial charge on any atom is -0.501 e. The molecule has 4 heteroatoms. The van der Waals surface area contributed by atoms with Gasteiger partial charge in [0.1, 0.15) is 18.2 Å². The number of rotatable bonds is 5. The lowest BCUT2D eigenvalue weighted by Gasteiger charge is -2.15. The average molecular weight is 312 g/mol. The van der Waals surface area contributed by atoms with E-state index in [1.165, 1.54) is 16.6 Å². The molecule has 0 N–H and O–H groups in total. The van der Waals surface area contributed by atoms with Crippen LogP contribution >= 0.6 is 0 Å². The predicted octanol–water partition coefficient (Wildman–Crippen LogP) is 4.19. The third-order valence-electron chi connectivity index (χ3n) is 4.44. The summed E-state index contributed by atoms with van der Waals surface area (Å²) in [6.45, 7) is 7.73. The van der Waals surface area contributed by atoms with Crippen molar-refractivity contribution in [2.75, 3.05) is 13.7 Å². The number of imidazole rings is 1. The summed E-state index contributed by atoms with van der Waals surface area (Å²) >= 11 is 0. The zero-order valence-corrected chi connectivity index (χ0v) is 14.3.